The van der Waals surface area contributed by atoms with Gasteiger partial charge in [0.15, 0.2) is 0 Å². The molecule has 1 aliphatic heterocycles. The first kappa shape index (κ1) is 22.8. The Labute approximate surface area is 184 Å². The van der Waals surface area contributed by atoms with Crippen LogP contribution < -0.4 is 10.2 Å². The van der Waals surface area contributed by atoms with Crippen molar-refractivity contribution in [1.29, 1.82) is 0 Å². The zero-order valence-corrected chi connectivity index (χ0v) is 19.1. The number of carbonyl (C=O) groups excluding carboxylic acids is 1. The molecule has 0 radical (unpaired) electrons. The van der Waals surface area contributed by atoms with E-state index in [-0.39, 0.29) is 28.4 Å². The molecule has 1 heterocycles. The van der Waals surface area contributed by atoms with Gasteiger partial charge >= 0.3 is 0 Å². The van der Waals surface area contributed by atoms with E-state index < -0.39 is 0 Å². The van der Waals surface area contributed by atoms with Crippen molar-refractivity contribution in [1.82, 2.24) is 0 Å². The maximum atomic E-state index is 13.1. The Bertz CT molecular complexity index is 934. The highest BCUT2D eigenvalue weighted by molar-refractivity contribution is 6.06. The summed E-state index contributed by atoms with van der Waals surface area (Å²) in [5.41, 5.74) is 3.83. The van der Waals surface area contributed by atoms with Crippen LogP contribution in [0.1, 0.15) is 80.8 Å². The first-order valence-electron chi connectivity index (χ1n) is 11.2. The number of nitro benzene ring substituents is 1. The summed E-state index contributed by atoms with van der Waals surface area (Å²) >= 11 is 0. The number of hydrogen-bond acceptors (Lipinski definition) is 4. The third kappa shape index (κ3) is 5.06. The second kappa shape index (κ2) is 9.50. The molecule has 0 bridgehead atoms. The lowest BCUT2D eigenvalue weighted by molar-refractivity contribution is -0.384. The van der Waals surface area contributed by atoms with Gasteiger partial charge in [-0.25, -0.2) is 0 Å². The Morgan fingerprint density at radius 2 is 1.65 bits per heavy atom. The van der Waals surface area contributed by atoms with Gasteiger partial charge in [0, 0.05) is 30.4 Å². The van der Waals surface area contributed by atoms with Gasteiger partial charge in [0.2, 0.25) is 0 Å². The number of hydrogen-bond donors (Lipinski definition) is 1. The number of piperidine rings is 1. The van der Waals surface area contributed by atoms with E-state index in [0.717, 1.165) is 42.7 Å². The van der Waals surface area contributed by atoms with Crippen LogP contribution in [0.2, 0.25) is 0 Å². The molecule has 0 spiro atoms. The molecular weight excluding hydrogens is 390 g/mol. The number of rotatable bonds is 6. The molecule has 0 unspecified atom stereocenters. The van der Waals surface area contributed by atoms with Gasteiger partial charge in [0.1, 0.15) is 5.69 Å². The molecule has 0 saturated carbocycles. The summed E-state index contributed by atoms with van der Waals surface area (Å²) in [5, 5.41) is 14.8. The molecule has 0 aromatic heterocycles. The van der Waals surface area contributed by atoms with Gasteiger partial charge in [-0.1, -0.05) is 52.8 Å². The van der Waals surface area contributed by atoms with Gasteiger partial charge in [0.05, 0.1) is 4.92 Å². The molecule has 0 atom stereocenters. The minimum atomic E-state index is -0.383. The molecule has 1 aliphatic rings. The molecule has 6 heteroatoms. The normalized spacial score (nSPS) is 14.9. The maximum Gasteiger partial charge on any atom is 0.293 e. The van der Waals surface area contributed by atoms with Crippen LogP contribution in [0.5, 0.6) is 0 Å². The maximum absolute atomic E-state index is 13.1. The highest BCUT2D eigenvalue weighted by Gasteiger charge is 2.25. The molecular formula is C25H33N3O3. The predicted octanol–water partition coefficient (Wildman–Crippen LogP) is 6.33. The second-order valence-electron chi connectivity index (χ2n) is 9.21. The SMILES string of the molecule is CC1CCN(c2ccc(C(=O)Nc3c(C(C)C)cccc3C(C)C)cc2[N+](=O)[O-])CC1. The number of carbonyl (C=O) groups is 1. The second-order valence-corrected chi connectivity index (χ2v) is 9.21. The Morgan fingerprint density at radius 1 is 1.06 bits per heavy atom. The number of nitrogens with one attached hydrogen (secondary N) is 1. The van der Waals surface area contributed by atoms with E-state index in [1.165, 1.54) is 6.07 Å². The van der Waals surface area contributed by atoms with Crippen LogP contribution in [0.3, 0.4) is 0 Å². The Morgan fingerprint density at radius 3 is 2.16 bits per heavy atom. The van der Waals surface area contributed by atoms with E-state index >= 15 is 0 Å². The lowest BCUT2D eigenvalue weighted by Crippen LogP contribution is -2.33. The molecule has 6 nitrogen and oxygen atoms in total. The van der Waals surface area contributed by atoms with Gasteiger partial charge in [-0.15, -0.1) is 0 Å². The predicted molar refractivity (Wildman–Crippen MR) is 126 cm³/mol. The van der Waals surface area contributed by atoms with Gasteiger partial charge in [0.25, 0.3) is 11.6 Å². The van der Waals surface area contributed by atoms with E-state index in [1.54, 1.807) is 12.1 Å². The Hall–Kier alpha value is -2.89. The summed E-state index contributed by atoms with van der Waals surface area (Å²) in [7, 11) is 0. The van der Waals surface area contributed by atoms with E-state index in [0.29, 0.717) is 17.2 Å². The lowest BCUT2D eigenvalue weighted by Gasteiger charge is -2.31. The molecule has 1 saturated heterocycles. The largest absolute Gasteiger partial charge is 0.366 e. The first-order valence-corrected chi connectivity index (χ1v) is 11.2. The molecule has 0 aliphatic carbocycles. The number of para-hydroxylation sites is 1. The standard InChI is InChI=1S/C25H33N3O3/c1-16(2)20-7-6-8-21(17(3)4)24(20)26-25(29)19-9-10-22(23(15-19)28(30)31)27-13-11-18(5)12-14-27/h6-10,15-18H,11-14H2,1-5H3,(H,26,29). The van der Waals surface area contributed by atoms with Gasteiger partial charge < -0.3 is 10.2 Å². The zero-order valence-electron chi connectivity index (χ0n) is 19.1. The fourth-order valence-electron chi connectivity index (χ4n) is 4.21. The van der Waals surface area contributed by atoms with Crippen molar-refractivity contribution in [3.8, 4) is 0 Å². The summed E-state index contributed by atoms with van der Waals surface area (Å²) < 4.78 is 0. The third-order valence-corrected chi connectivity index (χ3v) is 6.17. The molecule has 1 amide bonds. The van der Waals surface area contributed by atoms with Crippen molar-refractivity contribution in [3.05, 3.63) is 63.2 Å². The summed E-state index contributed by atoms with van der Waals surface area (Å²) in [5.74, 6) is 0.799. The first-order chi connectivity index (χ1) is 14.7. The number of nitro groups is 1. The van der Waals surface area contributed by atoms with Crippen LogP contribution in [0.4, 0.5) is 17.1 Å². The van der Waals surface area contributed by atoms with Crippen molar-refractivity contribution >= 4 is 23.0 Å². The van der Waals surface area contributed by atoms with Crippen LogP contribution in [0.15, 0.2) is 36.4 Å². The smallest absolute Gasteiger partial charge is 0.293 e. The Balaban J connectivity index is 1.93. The van der Waals surface area contributed by atoms with Crippen LogP contribution >= 0.6 is 0 Å². The molecule has 2 aromatic rings. The minimum absolute atomic E-state index is 0.0107. The molecule has 1 N–H and O–H groups in total. The number of amides is 1. The third-order valence-electron chi connectivity index (χ3n) is 6.17. The monoisotopic (exact) mass is 423 g/mol. The van der Waals surface area contributed by atoms with Crippen LogP contribution in [0.25, 0.3) is 0 Å². The molecule has 2 aromatic carbocycles. The summed E-state index contributed by atoms with van der Waals surface area (Å²) in [6.07, 6.45) is 2.03. The average molecular weight is 424 g/mol. The number of nitrogens with zero attached hydrogens (tertiary/aromatic N) is 2. The number of benzene rings is 2. The number of anilines is 2. The van der Waals surface area contributed by atoms with Gasteiger partial charge in [-0.05, 0) is 53.9 Å². The average Bonchev–Trinajstić information content (AvgIpc) is 2.73. The molecule has 31 heavy (non-hydrogen) atoms. The summed E-state index contributed by atoms with van der Waals surface area (Å²) in [4.78, 5) is 26.6. The van der Waals surface area contributed by atoms with Gasteiger partial charge in [-0.3, -0.25) is 14.9 Å². The van der Waals surface area contributed by atoms with Crippen molar-refractivity contribution in [2.75, 3.05) is 23.3 Å². The summed E-state index contributed by atoms with van der Waals surface area (Å²) in [6, 6.07) is 10.9. The lowest BCUT2D eigenvalue weighted by atomic mass is 9.92. The van der Waals surface area contributed by atoms with E-state index in [1.807, 2.05) is 18.2 Å². The van der Waals surface area contributed by atoms with Crippen molar-refractivity contribution < 1.29 is 9.72 Å². The molecule has 3 rings (SSSR count). The van der Waals surface area contributed by atoms with Crippen molar-refractivity contribution in [2.24, 2.45) is 5.92 Å². The summed E-state index contributed by atoms with van der Waals surface area (Å²) in [6.45, 7) is 12.2. The molecule has 166 valence electrons. The van der Waals surface area contributed by atoms with E-state index in [2.05, 4.69) is 44.8 Å². The fourth-order valence-corrected chi connectivity index (χ4v) is 4.21. The Kier molecular flexibility index (Phi) is 6.98. The van der Waals surface area contributed by atoms with Crippen molar-refractivity contribution in [2.45, 2.75) is 59.3 Å². The minimum Gasteiger partial charge on any atom is -0.366 e. The van der Waals surface area contributed by atoms with Crippen molar-refractivity contribution in [3.63, 3.8) is 0 Å². The zero-order chi connectivity index (χ0) is 22.7. The highest BCUT2D eigenvalue weighted by atomic mass is 16.6. The van der Waals surface area contributed by atoms with E-state index in [4.69, 9.17) is 0 Å². The van der Waals surface area contributed by atoms with Crippen LogP contribution in [0, 0.1) is 16.0 Å². The highest BCUT2D eigenvalue weighted by Crippen LogP contribution is 2.35. The van der Waals surface area contributed by atoms with Crippen LogP contribution in [-0.2, 0) is 0 Å². The van der Waals surface area contributed by atoms with E-state index in [9.17, 15) is 14.9 Å². The molecule has 1 fully saturated rings. The topological polar surface area (TPSA) is 75.5 Å². The van der Waals surface area contributed by atoms with Gasteiger partial charge in [-0.2, -0.15) is 0 Å². The fraction of sp³-hybridized carbons (Fsp3) is 0.480. The quantitative estimate of drug-likeness (QED) is 0.435. The van der Waals surface area contributed by atoms with Crippen LogP contribution in [-0.4, -0.2) is 23.9 Å².